The highest BCUT2D eigenvalue weighted by molar-refractivity contribution is 8.12. The molecular formula is C13H28S8. The lowest BCUT2D eigenvalue weighted by Crippen LogP contribution is -2.12. The lowest BCUT2D eigenvalue weighted by atomic mass is 10.5. The van der Waals surface area contributed by atoms with Gasteiger partial charge in [-0.15, -0.1) is 11.8 Å². The Bertz CT molecular complexity index is 216. The molecule has 0 nitrogen and oxygen atoms in total. The van der Waals surface area contributed by atoms with Crippen LogP contribution in [0.1, 0.15) is 13.3 Å². The molecule has 0 fully saturated rings. The molecule has 3 atom stereocenters. The van der Waals surface area contributed by atoms with Crippen LogP contribution in [-0.4, -0.2) is 61.1 Å². The first kappa shape index (κ1) is 23.8. The molecule has 0 radical (unpaired) electrons. The fourth-order valence-electron chi connectivity index (χ4n) is 1.41. The van der Waals surface area contributed by atoms with Crippen LogP contribution in [0.25, 0.3) is 0 Å². The molecular weight excluding hydrogens is 413 g/mol. The zero-order valence-corrected chi connectivity index (χ0v) is 19.4. The largest absolute Gasteiger partial charge is 0.179 e. The summed E-state index contributed by atoms with van der Waals surface area (Å²) in [7, 11) is 0. The van der Waals surface area contributed by atoms with Crippen molar-refractivity contribution in [3.63, 3.8) is 0 Å². The smallest absolute Gasteiger partial charge is 0.0588 e. The van der Waals surface area contributed by atoms with Gasteiger partial charge in [-0.3, -0.25) is 0 Å². The van der Waals surface area contributed by atoms with Crippen LogP contribution in [-0.2, 0) is 0 Å². The van der Waals surface area contributed by atoms with Crippen molar-refractivity contribution in [3.8, 4) is 0 Å². The molecule has 0 N–H and O–H groups in total. The van der Waals surface area contributed by atoms with E-state index in [9.17, 15) is 0 Å². The highest BCUT2D eigenvalue weighted by atomic mass is 32.2. The molecule has 1 unspecified atom stereocenters. The van der Waals surface area contributed by atoms with E-state index in [0.717, 1.165) is 28.8 Å². The maximum Gasteiger partial charge on any atom is 0.0588 e. The Morgan fingerprint density at radius 2 is 1.52 bits per heavy atom. The summed E-state index contributed by atoms with van der Waals surface area (Å²) < 4.78 is 0.441. The molecule has 0 aromatic carbocycles. The Morgan fingerprint density at radius 1 is 0.857 bits per heavy atom. The minimum absolute atomic E-state index is 0.441. The van der Waals surface area contributed by atoms with E-state index in [2.05, 4.69) is 56.6 Å². The van der Waals surface area contributed by atoms with Crippen LogP contribution in [0.3, 0.4) is 0 Å². The Hall–Kier alpha value is 2.80. The molecule has 8 heteroatoms. The van der Waals surface area contributed by atoms with E-state index >= 15 is 0 Å². The lowest BCUT2D eigenvalue weighted by Gasteiger charge is -2.18. The molecule has 0 spiro atoms. The summed E-state index contributed by atoms with van der Waals surface area (Å²) in [5.41, 5.74) is 0. The molecule has 0 aromatic rings. The van der Waals surface area contributed by atoms with E-state index in [1.807, 2.05) is 35.3 Å². The van der Waals surface area contributed by atoms with E-state index in [4.69, 9.17) is 12.6 Å². The maximum absolute atomic E-state index is 4.70. The molecule has 0 bridgehead atoms. The third-order valence-electron chi connectivity index (χ3n) is 2.55. The molecule has 0 aliphatic heterocycles. The summed E-state index contributed by atoms with van der Waals surface area (Å²) >= 11 is 25.7. The molecule has 0 heterocycles. The van der Waals surface area contributed by atoms with Crippen molar-refractivity contribution in [2.45, 2.75) is 28.4 Å². The van der Waals surface area contributed by atoms with Gasteiger partial charge in [-0.2, -0.15) is 85.8 Å². The second-order valence-electron chi connectivity index (χ2n) is 4.39. The van der Waals surface area contributed by atoms with Crippen LogP contribution in [0.15, 0.2) is 0 Å². The van der Waals surface area contributed by atoms with E-state index in [1.165, 1.54) is 23.7 Å². The van der Waals surface area contributed by atoms with E-state index in [1.54, 1.807) is 0 Å². The zero-order chi connectivity index (χ0) is 15.9. The Labute approximate surface area is 170 Å². The van der Waals surface area contributed by atoms with Gasteiger partial charge in [0.15, 0.2) is 0 Å². The normalized spacial score (nSPS) is 15.9. The van der Waals surface area contributed by atoms with Gasteiger partial charge in [-0.25, -0.2) is 0 Å². The Kier molecular flexibility index (Phi) is 20.0. The van der Waals surface area contributed by atoms with Gasteiger partial charge >= 0.3 is 0 Å². The number of thiol groups is 4. The standard InChI is InChI=1S/C13H28S8/c1-11(19-7-3-14)13(17)21-6-2-5-18-10-12(9-16)20-8-4-15/h11-17H,2-10H2,1H3/t11?,12-,13+/m1/s1. The van der Waals surface area contributed by atoms with E-state index < -0.39 is 0 Å². The van der Waals surface area contributed by atoms with E-state index in [0.29, 0.717) is 15.1 Å². The third-order valence-corrected chi connectivity index (χ3v) is 10.7. The Morgan fingerprint density at radius 3 is 2.14 bits per heavy atom. The third kappa shape index (κ3) is 14.8. The van der Waals surface area contributed by atoms with Crippen LogP contribution in [0.5, 0.6) is 0 Å². The van der Waals surface area contributed by atoms with Crippen LogP contribution < -0.4 is 0 Å². The fraction of sp³-hybridized carbons (Fsp3) is 1.00. The van der Waals surface area contributed by atoms with Crippen molar-refractivity contribution in [3.05, 3.63) is 0 Å². The summed E-state index contributed by atoms with van der Waals surface area (Å²) in [5, 5.41) is 1.28. The van der Waals surface area contributed by atoms with Gasteiger partial charge in [0.25, 0.3) is 0 Å². The monoisotopic (exact) mass is 440 g/mol. The maximum atomic E-state index is 4.70. The fourth-order valence-corrected chi connectivity index (χ4v) is 7.47. The van der Waals surface area contributed by atoms with Crippen molar-refractivity contribution < 1.29 is 0 Å². The summed E-state index contributed by atoms with van der Waals surface area (Å²) in [6.45, 7) is 2.27. The molecule has 0 saturated heterocycles. The summed E-state index contributed by atoms with van der Waals surface area (Å²) in [6.07, 6.45) is 1.27. The van der Waals surface area contributed by atoms with Crippen LogP contribution in [0.2, 0.25) is 0 Å². The van der Waals surface area contributed by atoms with Crippen LogP contribution >= 0.6 is 97.6 Å². The average molecular weight is 441 g/mol. The van der Waals surface area contributed by atoms with Crippen molar-refractivity contribution in [1.82, 2.24) is 0 Å². The molecule has 0 aliphatic rings. The zero-order valence-electron chi connectivity index (χ0n) is 12.5. The van der Waals surface area contributed by atoms with Crippen molar-refractivity contribution in [2.24, 2.45) is 0 Å². The summed E-state index contributed by atoms with van der Waals surface area (Å²) in [6, 6.07) is 0. The van der Waals surface area contributed by atoms with Crippen molar-refractivity contribution >= 4 is 97.6 Å². The quantitative estimate of drug-likeness (QED) is 0.159. The first-order valence-corrected chi connectivity index (χ1v) is 13.8. The molecule has 0 aliphatic carbocycles. The van der Waals surface area contributed by atoms with Gasteiger partial charge in [-0.05, 0) is 29.4 Å². The number of rotatable bonds is 15. The molecule has 128 valence electrons. The van der Waals surface area contributed by atoms with Gasteiger partial charge in [-0.1, -0.05) is 6.92 Å². The first-order chi connectivity index (χ1) is 10.2. The van der Waals surface area contributed by atoms with Crippen molar-refractivity contribution in [1.29, 1.82) is 0 Å². The van der Waals surface area contributed by atoms with Crippen molar-refractivity contribution in [2.75, 3.05) is 46.0 Å². The van der Waals surface area contributed by atoms with Gasteiger partial charge < -0.3 is 0 Å². The highest BCUT2D eigenvalue weighted by Gasteiger charge is 2.13. The second-order valence-corrected chi connectivity index (χ2v) is 11.8. The lowest BCUT2D eigenvalue weighted by molar-refractivity contribution is 1.06. The van der Waals surface area contributed by atoms with Gasteiger partial charge in [0.2, 0.25) is 0 Å². The van der Waals surface area contributed by atoms with Gasteiger partial charge in [0.05, 0.1) is 4.58 Å². The molecule has 0 saturated carbocycles. The summed E-state index contributed by atoms with van der Waals surface area (Å²) in [5.74, 6) is 8.81. The number of thioether (sulfide) groups is 4. The average Bonchev–Trinajstić information content (AvgIpc) is 2.50. The number of hydrogen-bond acceptors (Lipinski definition) is 8. The number of hydrogen-bond donors (Lipinski definition) is 4. The first-order valence-electron chi connectivity index (χ1n) is 7.08. The molecule has 0 rings (SSSR count). The molecule has 21 heavy (non-hydrogen) atoms. The minimum atomic E-state index is 0.441. The molecule has 0 aromatic heterocycles. The second kappa shape index (κ2) is 17.6. The topological polar surface area (TPSA) is 0 Å². The molecule has 0 amide bonds. The predicted molar refractivity (Wildman–Crippen MR) is 127 cm³/mol. The SMILES string of the molecule is CC(SCCS)[C@@H](S)SCCCSC[C@@H](CS)SCCS. The van der Waals surface area contributed by atoms with Crippen LogP contribution in [0, 0.1) is 0 Å². The van der Waals surface area contributed by atoms with Gasteiger partial charge in [0, 0.05) is 33.5 Å². The predicted octanol–water partition coefficient (Wildman–Crippen LogP) is 5.11. The minimum Gasteiger partial charge on any atom is -0.179 e. The van der Waals surface area contributed by atoms with Crippen LogP contribution in [0.4, 0.5) is 0 Å². The van der Waals surface area contributed by atoms with Gasteiger partial charge in [0.1, 0.15) is 0 Å². The summed E-state index contributed by atoms with van der Waals surface area (Å²) in [4.78, 5) is 0. The van der Waals surface area contributed by atoms with E-state index in [-0.39, 0.29) is 0 Å². The highest BCUT2D eigenvalue weighted by Crippen LogP contribution is 2.28. The Balaban J connectivity index is 3.49.